The summed E-state index contributed by atoms with van der Waals surface area (Å²) in [5.41, 5.74) is 1.03. The van der Waals surface area contributed by atoms with Crippen molar-refractivity contribution in [3.05, 3.63) is 11.4 Å². The van der Waals surface area contributed by atoms with Crippen molar-refractivity contribution in [3.8, 4) is 5.88 Å². The van der Waals surface area contributed by atoms with E-state index in [-0.39, 0.29) is 0 Å². The zero-order chi connectivity index (χ0) is 14.5. The second-order valence-corrected chi connectivity index (χ2v) is 5.69. The molecule has 2 rings (SSSR count). The van der Waals surface area contributed by atoms with Gasteiger partial charge in [-0.2, -0.15) is 4.98 Å². The molecule has 1 saturated carbocycles. The second-order valence-electron chi connectivity index (χ2n) is 5.69. The van der Waals surface area contributed by atoms with Gasteiger partial charge in [0, 0.05) is 6.54 Å². The fourth-order valence-corrected chi connectivity index (χ4v) is 3.00. The molecule has 1 aliphatic carbocycles. The van der Waals surface area contributed by atoms with Gasteiger partial charge in [-0.3, -0.25) is 0 Å². The molecule has 0 radical (unpaired) electrons. The quantitative estimate of drug-likeness (QED) is 0.887. The Hall–Kier alpha value is -1.32. The Morgan fingerprint density at radius 2 is 1.90 bits per heavy atom. The summed E-state index contributed by atoms with van der Waals surface area (Å²) in [5.74, 6) is 3.10. The van der Waals surface area contributed by atoms with Crippen molar-refractivity contribution in [1.82, 2.24) is 9.97 Å². The Bertz CT molecular complexity index is 448. The topological polar surface area (TPSA) is 47.0 Å². The zero-order valence-corrected chi connectivity index (χ0v) is 13.2. The van der Waals surface area contributed by atoms with E-state index in [1.54, 1.807) is 0 Å². The van der Waals surface area contributed by atoms with Crippen LogP contribution < -0.4 is 10.1 Å². The van der Waals surface area contributed by atoms with Crippen molar-refractivity contribution in [3.63, 3.8) is 0 Å². The molecule has 0 amide bonds. The third-order valence-electron chi connectivity index (χ3n) is 4.18. The molecular formula is C16H27N3O. The highest BCUT2D eigenvalue weighted by atomic mass is 16.5. The molecule has 1 heterocycles. The summed E-state index contributed by atoms with van der Waals surface area (Å²) in [6.07, 6.45) is 6.54. The maximum absolute atomic E-state index is 6.27. The lowest BCUT2D eigenvalue weighted by Crippen LogP contribution is -2.30. The molecule has 0 spiro atoms. The maximum atomic E-state index is 6.27. The Morgan fingerprint density at radius 1 is 1.15 bits per heavy atom. The number of hydrogen-bond acceptors (Lipinski definition) is 4. The van der Waals surface area contributed by atoms with E-state index < -0.39 is 0 Å². The smallest absolute Gasteiger partial charge is 0.222 e. The summed E-state index contributed by atoms with van der Waals surface area (Å²) in [5, 5.41) is 3.29. The van der Waals surface area contributed by atoms with Gasteiger partial charge in [0.05, 0.1) is 5.56 Å². The molecule has 0 saturated heterocycles. The summed E-state index contributed by atoms with van der Waals surface area (Å²) < 4.78 is 6.27. The SMILES string of the molecule is CCNc1nc(C)nc(OC2CCCCC2CC)c1C. The van der Waals surface area contributed by atoms with Crippen LogP contribution in [0.15, 0.2) is 0 Å². The van der Waals surface area contributed by atoms with E-state index >= 15 is 0 Å². The summed E-state index contributed by atoms with van der Waals surface area (Å²) in [6.45, 7) is 9.15. The standard InChI is InChI=1S/C16H27N3O/c1-5-13-9-7-8-10-14(13)20-16-11(3)15(17-6-2)18-12(4)19-16/h13-14H,5-10H2,1-4H3,(H,17,18,19). The molecular weight excluding hydrogens is 250 g/mol. The third kappa shape index (κ3) is 3.41. The number of nitrogens with one attached hydrogen (secondary N) is 1. The molecule has 4 heteroatoms. The van der Waals surface area contributed by atoms with Crippen molar-refractivity contribution in [1.29, 1.82) is 0 Å². The van der Waals surface area contributed by atoms with Crippen LogP contribution in [0.25, 0.3) is 0 Å². The average Bonchev–Trinajstić information content (AvgIpc) is 2.44. The van der Waals surface area contributed by atoms with Gasteiger partial charge in [-0.15, -0.1) is 0 Å². The van der Waals surface area contributed by atoms with Crippen molar-refractivity contribution >= 4 is 5.82 Å². The van der Waals surface area contributed by atoms with Gasteiger partial charge in [-0.05, 0) is 52.4 Å². The average molecular weight is 277 g/mol. The predicted molar refractivity (Wildman–Crippen MR) is 82.3 cm³/mol. The number of hydrogen-bond donors (Lipinski definition) is 1. The van der Waals surface area contributed by atoms with E-state index in [9.17, 15) is 0 Å². The number of nitrogens with zero attached hydrogens (tertiary/aromatic N) is 2. The van der Waals surface area contributed by atoms with Gasteiger partial charge in [-0.25, -0.2) is 4.98 Å². The fraction of sp³-hybridized carbons (Fsp3) is 0.750. The highest BCUT2D eigenvalue weighted by Crippen LogP contribution is 2.32. The molecule has 0 bridgehead atoms. The highest BCUT2D eigenvalue weighted by Gasteiger charge is 2.26. The first-order valence-electron chi connectivity index (χ1n) is 7.91. The normalized spacial score (nSPS) is 22.6. The molecule has 2 atom stereocenters. The van der Waals surface area contributed by atoms with Gasteiger partial charge in [0.1, 0.15) is 17.7 Å². The largest absolute Gasteiger partial charge is 0.474 e. The lowest BCUT2D eigenvalue weighted by atomic mass is 9.85. The molecule has 1 aromatic rings. The molecule has 1 N–H and O–H groups in total. The number of aromatic nitrogens is 2. The molecule has 4 nitrogen and oxygen atoms in total. The first-order chi connectivity index (χ1) is 9.65. The zero-order valence-electron chi connectivity index (χ0n) is 13.2. The van der Waals surface area contributed by atoms with Crippen molar-refractivity contribution in [2.45, 2.75) is 65.9 Å². The van der Waals surface area contributed by atoms with E-state index in [1.165, 1.54) is 25.7 Å². The van der Waals surface area contributed by atoms with Crippen LogP contribution in [-0.4, -0.2) is 22.6 Å². The number of rotatable bonds is 5. The Labute approximate surface area is 122 Å². The number of aryl methyl sites for hydroxylation is 1. The minimum atomic E-state index is 0.316. The van der Waals surface area contributed by atoms with Crippen LogP contribution in [0.4, 0.5) is 5.82 Å². The van der Waals surface area contributed by atoms with Crippen LogP contribution in [0.3, 0.4) is 0 Å². The van der Waals surface area contributed by atoms with E-state index in [4.69, 9.17) is 4.74 Å². The van der Waals surface area contributed by atoms with Gasteiger partial charge >= 0.3 is 0 Å². The van der Waals surface area contributed by atoms with Gasteiger partial charge in [0.15, 0.2) is 0 Å². The van der Waals surface area contributed by atoms with Gasteiger partial charge in [0.25, 0.3) is 0 Å². The summed E-state index contributed by atoms with van der Waals surface area (Å²) >= 11 is 0. The Balaban J connectivity index is 2.19. The minimum absolute atomic E-state index is 0.316. The number of anilines is 1. The van der Waals surface area contributed by atoms with Crippen LogP contribution >= 0.6 is 0 Å². The molecule has 1 aromatic heterocycles. The Morgan fingerprint density at radius 3 is 2.60 bits per heavy atom. The van der Waals surface area contributed by atoms with E-state index in [1.807, 2.05) is 13.8 Å². The van der Waals surface area contributed by atoms with Crippen molar-refractivity contribution < 1.29 is 4.74 Å². The summed E-state index contributed by atoms with van der Waals surface area (Å²) in [6, 6.07) is 0. The monoisotopic (exact) mass is 277 g/mol. The van der Waals surface area contributed by atoms with Crippen molar-refractivity contribution in [2.75, 3.05) is 11.9 Å². The Kier molecular flexibility index (Phi) is 5.21. The van der Waals surface area contributed by atoms with Crippen LogP contribution in [0, 0.1) is 19.8 Å². The van der Waals surface area contributed by atoms with Crippen LogP contribution in [0.1, 0.15) is 57.3 Å². The van der Waals surface area contributed by atoms with E-state index in [0.29, 0.717) is 12.0 Å². The van der Waals surface area contributed by atoms with E-state index in [0.717, 1.165) is 36.1 Å². The third-order valence-corrected chi connectivity index (χ3v) is 4.18. The number of ether oxygens (including phenoxy) is 1. The van der Waals surface area contributed by atoms with Gasteiger partial charge < -0.3 is 10.1 Å². The lowest BCUT2D eigenvalue weighted by molar-refractivity contribution is 0.0848. The summed E-state index contributed by atoms with van der Waals surface area (Å²) in [4.78, 5) is 8.96. The highest BCUT2D eigenvalue weighted by molar-refractivity contribution is 5.48. The lowest BCUT2D eigenvalue weighted by Gasteiger charge is -2.31. The van der Waals surface area contributed by atoms with E-state index in [2.05, 4.69) is 29.1 Å². The van der Waals surface area contributed by atoms with Gasteiger partial charge in [-0.1, -0.05) is 13.3 Å². The van der Waals surface area contributed by atoms with Crippen molar-refractivity contribution in [2.24, 2.45) is 5.92 Å². The molecule has 0 aliphatic heterocycles. The molecule has 1 aliphatic rings. The van der Waals surface area contributed by atoms with Crippen LogP contribution in [0.2, 0.25) is 0 Å². The predicted octanol–water partition coefficient (Wildman–Crippen LogP) is 3.87. The van der Waals surface area contributed by atoms with Gasteiger partial charge in [0.2, 0.25) is 5.88 Å². The minimum Gasteiger partial charge on any atom is -0.474 e. The fourth-order valence-electron chi connectivity index (χ4n) is 3.00. The summed E-state index contributed by atoms with van der Waals surface area (Å²) in [7, 11) is 0. The first kappa shape index (κ1) is 15.1. The second kappa shape index (κ2) is 6.91. The van der Waals surface area contributed by atoms with Crippen LogP contribution in [0.5, 0.6) is 5.88 Å². The molecule has 1 fully saturated rings. The van der Waals surface area contributed by atoms with Crippen LogP contribution in [-0.2, 0) is 0 Å². The molecule has 0 aromatic carbocycles. The molecule has 20 heavy (non-hydrogen) atoms. The molecule has 2 unspecified atom stereocenters. The molecule has 112 valence electrons. The first-order valence-corrected chi connectivity index (χ1v) is 7.91. The maximum Gasteiger partial charge on any atom is 0.222 e.